The zero-order chi connectivity index (χ0) is 15.9. The van der Waals surface area contributed by atoms with E-state index in [0.29, 0.717) is 11.1 Å². The van der Waals surface area contributed by atoms with Crippen molar-refractivity contribution in [2.45, 2.75) is 0 Å². The second-order valence-electron chi connectivity index (χ2n) is 4.56. The summed E-state index contributed by atoms with van der Waals surface area (Å²) in [5.74, 6) is 9.89. The first-order chi connectivity index (χ1) is 10.7. The van der Waals surface area contributed by atoms with Crippen LogP contribution >= 0.6 is 0 Å². The molecule has 0 radical (unpaired) electrons. The van der Waals surface area contributed by atoms with Gasteiger partial charge >= 0.3 is 0 Å². The minimum atomic E-state index is 0.520. The van der Waals surface area contributed by atoms with Crippen molar-refractivity contribution in [1.82, 2.24) is 0 Å². The highest BCUT2D eigenvalue weighted by atomic mass is 14.0. The Morgan fingerprint density at radius 2 is 1.00 bits per heavy atom. The number of fused-ring (bicyclic) bond motifs is 1. The maximum atomic E-state index is 5.34. The first-order valence-electron chi connectivity index (χ1n) is 6.54. The van der Waals surface area contributed by atoms with E-state index in [1.807, 2.05) is 48.6 Å². The molecule has 2 rings (SSSR count). The highest BCUT2D eigenvalue weighted by molar-refractivity contribution is 5.87. The quantitative estimate of drug-likeness (QED) is 0.723. The Labute approximate surface area is 131 Å². The van der Waals surface area contributed by atoms with Gasteiger partial charge in [-0.05, 0) is 46.2 Å². The molecular weight excluding hydrogens is 264 g/mol. The number of hydrogen-bond donors (Lipinski definition) is 0. The summed E-state index contributed by atoms with van der Waals surface area (Å²) in [6.45, 7) is 0. The standard InChI is InChI=1S/C22H12/c1-5-17(6-2)13-19-9-11-22-16-20(10-12-21(22)15-19)14-18(7-3)8-4/h1-4,9-16H. The van der Waals surface area contributed by atoms with Crippen LogP contribution in [0.25, 0.3) is 22.9 Å². The van der Waals surface area contributed by atoms with Gasteiger partial charge in [0.25, 0.3) is 0 Å². The molecule has 0 aliphatic carbocycles. The number of rotatable bonds is 2. The van der Waals surface area contributed by atoms with Crippen molar-refractivity contribution in [2.75, 3.05) is 0 Å². The van der Waals surface area contributed by atoms with Gasteiger partial charge in [0.15, 0.2) is 0 Å². The summed E-state index contributed by atoms with van der Waals surface area (Å²) in [4.78, 5) is 0. The molecule has 0 bridgehead atoms. The predicted octanol–water partition coefficient (Wildman–Crippen LogP) is 4.14. The van der Waals surface area contributed by atoms with Gasteiger partial charge in [-0.3, -0.25) is 0 Å². The molecule has 0 aromatic heterocycles. The van der Waals surface area contributed by atoms with E-state index in [2.05, 4.69) is 23.7 Å². The van der Waals surface area contributed by atoms with Crippen LogP contribution in [0.15, 0.2) is 47.5 Å². The van der Waals surface area contributed by atoms with E-state index in [1.54, 1.807) is 0 Å². The lowest BCUT2D eigenvalue weighted by Crippen LogP contribution is -1.81. The number of benzene rings is 2. The number of hydrogen-bond acceptors (Lipinski definition) is 0. The normalized spacial score (nSPS) is 8.73. The first-order valence-corrected chi connectivity index (χ1v) is 6.54. The molecule has 0 saturated carbocycles. The van der Waals surface area contributed by atoms with Gasteiger partial charge < -0.3 is 0 Å². The fourth-order valence-corrected chi connectivity index (χ4v) is 2.05. The Hall–Kier alpha value is -3.58. The molecule has 0 N–H and O–H groups in total. The fourth-order valence-electron chi connectivity index (χ4n) is 2.05. The third kappa shape index (κ3) is 3.30. The largest absolute Gasteiger partial charge is 0.114 e. The summed E-state index contributed by atoms with van der Waals surface area (Å²) in [6.07, 6.45) is 25.0. The van der Waals surface area contributed by atoms with Gasteiger partial charge in [0.05, 0.1) is 11.1 Å². The average molecular weight is 276 g/mol. The summed E-state index contributed by atoms with van der Waals surface area (Å²) in [6, 6.07) is 12.0. The van der Waals surface area contributed by atoms with Crippen LogP contribution in [0.5, 0.6) is 0 Å². The Kier molecular flexibility index (Phi) is 4.53. The SMILES string of the molecule is C#CC(C#C)=Cc1ccc2cc(C=C(C#C)C#C)ccc2c1. The molecule has 0 nitrogen and oxygen atoms in total. The first kappa shape index (κ1) is 14.8. The van der Waals surface area contributed by atoms with Gasteiger partial charge in [-0.1, -0.05) is 47.9 Å². The van der Waals surface area contributed by atoms with Crippen LogP contribution < -0.4 is 0 Å². The molecule has 0 heterocycles. The van der Waals surface area contributed by atoms with Gasteiger partial charge in [0.2, 0.25) is 0 Å². The highest BCUT2D eigenvalue weighted by Crippen LogP contribution is 2.20. The molecule has 2 aromatic rings. The molecule has 22 heavy (non-hydrogen) atoms. The lowest BCUT2D eigenvalue weighted by atomic mass is 10.0. The summed E-state index contributed by atoms with van der Waals surface area (Å²) < 4.78 is 0. The van der Waals surface area contributed by atoms with E-state index in [1.165, 1.54) is 0 Å². The van der Waals surface area contributed by atoms with Crippen LogP contribution in [0.2, 0.25) is 0 Å². The minimum absolute atomic E-state index is 0.520. The lowest BCUT2D eigenvalue weighted by molar-refractivity contribution is 1.67. The van der Waals surface area contributed by atoms with Gasteiger partial charge in [-0.15, -0.1) is 25.7 Å². The third-order valence-electron chi connectivity index (χ3n) is 3.13. The van der Waals surface area contributed by atoms with E-state index >= 15 is 0 Å². The van der Waals surface area contributed by atoms with E-state index in [9.17, 15) is 0 Å². The zero-order valence-corrected chi connectivity index (χ0v) is 11.9. The van der Waals surface area contributed by atoms with Crippen molar-refractivity contribution in [3.8, 4) is 49.4 Å². The second-order valence-corrected chi connectivity index (χ2v) is 4.56. The zero-order valence-electron chi connectivity index (χ0n) is 11.9. The topological polar surface area (TPSA) is 0 Å². The second kappa shape index (κ2) is 6.73. The molecule has 0 spiro atoms. The maximum Gasteiger partial charge on any atom is 0.0744 e. The predicted molar refractivity (Wildman–Crippen MR) is 95.2 cm³/mol. The van der Waals surface area contributed by atoms with Crippen molar-refractivity contribution in [3.05, 3.63) is 58.7 Å². The minimum Gasteiger partial charge on any atom is -0.114 e. The van der Waals surface area contributed by atoms with Gasteiger partial charge in [0, 0.05) is 0 Å². The molecule has 0 saturated heterocycles. The summed E-state index contributed by atoms with van der Waals surface area (Å²) in [5, 5.41) is 2.17. The molecule has 2 aromatic carbocycles. The van der Waals surface area contributed by atoms with Crippen LogP contribution in [0.3, 0.4) is 0 Å². The van der Waals surface area contributed by atoms with Crippen LogP contribution in [0.1, 0.15) is 11.1 Å². The Balaban J connectivity index is 2.48. The summed E-state index contributed by atoms with van der Waals surface area (Å²) in [5.41, 5.74) is 2.97. The molecule has 0 atom stereocenters. The Bertz CT molecular complexity index is 839. The van der Waals surface area contributed by atoms with E-state index in [0.717, 1.165) is 21.9 Å². The Morgan fingerprint density at radius 3 is 1.32 bits per heavy atom. The molecule has 0 heteroatoms. The van der Waals surface area contributed by atoms with Crippen LogP contribution in [0, 0.1) is 49.4 Å². The fraction of sp³-hybridized carbons (Fsp3) is 0. The smallest absolute Gasteiger partial charge is 0.0744 e. The van der Waals surface area contributed by atoms with Crippen LogP contribution in [0.4, 0.5) is 0 Å². The maximum absolute atomic E-state index is 5.34. The molecule has 0 aliphatic heterocycles. The van der Waals surface area contributed by atoms with E-state index in [4.69, 9.17) is 25.7 Å². The monoisotopic (exact) mass is 276 g/mol. The van der Waals surface area contributed by atoms with Gasteiger partial charge in [-0.25, -0.2) is 0 Å². The molecule has 0 aliphatic rings. The summed E-state index contributed by atoms with van der Waals surface area (Å²) >= 11 is 0. The molecular formula is C22H12. The van der Waals surface area contributed by atoms with Gasteiger partial charge in [0.1, 0.15) is 0 Å². The van der Waals surface area contributed by atoms with Crippen molar-refractivity contribution in [3.63, 3.8) is 0 Å². The van der Waals surface area contributed by atoms with Crippen molar-refractivity contribution < 1.29 is 0 Å². The van der Waals surface area contributed by atoms with Crippen molar-refractivity contribution in [1.29, 1.82) is 0 Å². The summed E-state index contributed by atoms with van der Waals surface area (Å²) in [7, 11) is 0. The van der Waals surface area contributed by atoms with E-state index in [-0.39, 0.29) is 0 Å². The van der Waals surface area contributed by atoms with Crippen molar-refractivity contribution >= 4 is 22.9 Å². The molecule has 0 unspecified atom stereocenters. The van der Waals surface area contributed by atoms with Gasteiger partial charge in [-0.2, -0.15) is 0 Å². The molecule has 0 amide bonds. The molecule has 100 valence electrons. The highest BCUT2D eigenvalue weighted by Gasteiger charge is 1.98. The number of terminal acetylenes is 4. The lowest BCUT2D eigenvalue weighted by Gasteiger charge is -2.02. The number of allylic oxidation sites excluding steroid dienone is 2. The molecule has 0 fully saturated rings. The average Bonchev–Trinajstić information content (AvgIpc) is 2.57. The third-order valence-corrected chi connectivity index (χ3v) is 3.13. The Morgan fingerprint density at radius 1 is 0.636 bits per heavy atom. The van der Waals surface area contributed by atoms with Crippen molar-refractivity contribution in [2.24, 2.45) is 0 Å². The van der Waals surface area contributed by atoms with Crippen LogP contribution in [-0.4, -0.2) is 0 Å². The van der Waals surface area contributed by atoms with E-state index < -0.39 is 0 Å². The van der Waals surface area contributed by atoms with Crippen LogP contribution in [-0.2, 0) is 0 Å².